The van der Waals surface area contributed by atoms with Gasteiger partial charge in [-0.25, -0.2) is 0 Å². The van der Waals surface area contributed by atoms with Crippen molar-refractivity contribution in [2.75, 3.05) is 14.2 Å². The molecule has 1 fully saturated rings. The number of nitrogens with zero attached hydrogens (tertiary/aromatic N) is 1. The van der Waals surface area contributed by atoms with Crippen LogP contribution in [0.1, 0.15) is 30.5 Å². The molecule has 0 saturated carbocycles. The minimum Gasteiger partial charge on any atom is -0.497 e. The molecule has 3 rings (SSSR count). The maximum absolute atomic E-state index is 13.0. The van der Waals surface area contributed by atoms with Crippen LogP contribution in [-0.2, 0) is 25.7 Å². The smallest absolute Gasteiger partial charge is 0.311 e. The van der Waals surface area contributed by atoms with Gasteiger partial charge < -0.3 is 19.7 Å². The fourth-order valence-corrected chi connectivity index (χ4v) is 4.23. The number of benzene rings is 2. The Morgan fingerprint density at radius 2 is 1.84 bits per heavy atom. The van der Waals surface area contributed by atoms with Crippen molar-refractivity contribution < 1.29 is 23.9 Å². The summed E-state index contributed by atoms with van der Waals surface area (Å²) < 4.78 is 10.1. The molecule has 0 radical (unpaired) electrons. The Morgan fingerprint density at radius 1 is 1.13 bits per heavy atom. The molecular formula is C23H25ClN2O5. The van der Waals surface area contributed by atoms with Crippen molar-refractivity contribution in [3.8, 4) is 5.75 Å². The molecule has 31 heavy (non-hydrogen) atoms. The van der Waals surface area contributed by atoms with Crippen molar-refractivity contribution >= 4 is 29.4 Å². The molecule has 1 aliphatic heterocycles. The number of carbonyl (C=O) groups is 3. The number of ether oxygens (including phenoxy) is 2. The van der Waals surface area contributed by atoms with Gasteiger partial charge in [-0.3, -0.25) is 14.4 Å². The average Bonchev–Trinajstić information content (AvgIpc) is 3.18. The summed E-state index contributed by atoms with van der Waals surface area (Å²) in [5.41, 5.74) is 1.57. The van der Waals surface area contributed by atoms with E-state index in [2.05, 4.69) is 5.32 Å². The zero-order valence-corrected chi connectivity index (χ0v) is 18.4. The summed E-state index contributed by atoms with van der Waals surface area (Å²) in [4.78, 5) is 39.6. The standard InChI is InChI=1S/C23H25ClN2O5/c1-14(27)26-20(22(28)25-13-15-7-9-18(30-2)10-8-15)12-19(23(29)31-3)21(26)16-5-4-6-17(24)11-16/h4-11,19-21H,12-13H2,1-3H3,(H,25,28). The predicted octanol–water partition coefficient (Wildman–Crippen LogP) is 3.12. The van der Waals surface area contributed by atoms with E-state index < -0.39 is 24.0 Å². The van der Waals surface area contributed by atoms with E-state index >= 15 is 0 Å². The first-order chi connectivity index (χ1) is 14.8. The van der Waals surface area contributed by atoms with E-state index in [-0.39, 0.29) is 24.8 Å². The Hall–Kier alpha value is -3.06. The first kappa shape index (κ1) is 22.6. The number of rotatable bonds is 6. The summed E-state index contributed by atoms with van der Waals surface area (Å²) in [5, 5.41) is 3.36. The van der Waals surface area contributed by atoms with Crippen molar-refractivity contribution in [3.63, 3.8) is 0 Å². The molecule has 0 spiro atoms. The van der Waals surface area contributed by atoms with Gasteiger partial charge in [0.1, 0.15) is 11.8 Å². The fourth-order valence-electron chi connectivity index (χ4n) is 4.03. The minimum atomic E-state index is -0.802. The lowest BCUT2D eigenvalue weighted by Crippen LogP contribution is -2.45. The molecule has 2 amide bonds. The summed E-state index contributed by atoms with van der Waals surface area (Å²) in [7, 11) is 2.88. The van der Waals surface area contributed by atoms with Gasteiger partial charge in [-0.1, -0.05) is 35.9 Å². The van der Waals surface area contributed by atoms with Crippen molar-refractivity contribution in [1.82, 2.24) is 10.2 Å². The van der Waals surface area contributed by atoms with Gasteiger partial charge >= 0.3 is 5.97 Å². The molecule has 1 saturated heterocycles. The molecule has 2 aromatic rings. The van der Waals surface area contributed by atoms with Gasteiger partial charge in [0.15, 0.2) is 0 Å². The lowest BCUT2D eigenvalue weighted by atomic mass is 9.93. The second-order valence-electron chi connectivity index (χ2n) is 7.37. The zero-order valence-electron chi connectivity index (χ0n) is 17.6. The Morgan fingerprint density at radius 3 is 2.42 bits per heavy atom. The quantitative estimate of drug-likeness (QED) is 0.692. The van der Waals surface area contributed by atoms with Crippen LogP contribution in [0.2, 0.25) is 5.02 Å². The number of carbonyl (C=O) groups excluding carboxylic acids is 3. The van der Waals surface area contributed by atoms with Crippen LogP contribution in [0.15, 0.2) is 48.5 Å². The van der Waals surface area contributed by atoms with Crippen LogP contribution < -0.4 is 10.1 Å². The number of esters is 1. The molecule has 3 atom stereocenters. The number of methoxy groups -OCH3 is 2. The van der Waals surface area contributed by atoms with Crippen LogP contribution in [-0.4, -0.2) is 42.9 Å². The molecule has 0 bridgehead atoms. The third kappa shape index (κ3) is 4.99. The molecule has 1 N–H and O–H groups in total. The van der Waals surface area contributed by atoms with Crippen molar-refractivity contribution in [2.24, 2.45) is 5.92 Å². The summed E-state index contributed by atoms with van der Waals surface area (Å²) in [5.74, 6) is -1.06. The van der Waals surface area contributed by atoms with Gasteiger partial charge in [-0.05, 0) is 41.8 Å². The zero-order chi connectivity index (χ0) is 22.5. The molecule has 1 heterocycles. The third-order valence-electron chi connectivity index (χ3n) is 5.48. The highest BCUT2D eigenvalue weighted by Gasteiger charge is 2.50. The van der Waals surface area contributed by atoms with Gasteiger partial charge in [0.05, 0.1) is 26.2 Å². The van der Waals surface area contributed by atoms with E-state index in [1.165, 1.54) is 18.9 Å². The van der Waals surface area contributed by atoms with Crippen molar-refractivity contribution in [2.45, 2.75) is 32.0 Å². The highest BCUT2D eigenvalue weighted by atomic mass is 35.5. The van der Waals surface area contributed by atoms with Crippen LogP contribution in [0, 0.1) is 5.92 Å². The van der Waals surface area contributed by atoms with E-state index in [0.29, 0.717) is 10.6 Å². The van der Waals surface area contributed by atoms with Gasteiger partial charge in [0.25, 0.3) is 0 Å². The van der Waals surface area contributed by atoms with E-state index in [4.69, 9.17) is 21.1 Å². The second-order valence-corrected chi connectivity index (χ2v) is 7.81. The molecule has 0 aliphatic carbocycles. The first-order valence-electron chi connectivity index (χ1n) is 9.88. The Labute approximate surface area is 186 Å². The van der Waals surface area contributed by atoms with Crippen molar-refractivity contribution in [1.29, 1.82) is 0 Å². The average molecular weight is 445 g/mol. The molecular weight excluding hydrogens is 420 g/mol. The summed E-state index contributed by atoms with van der Waals surface area (Å²) >= 11 is 6.14. The fraction of sp³-hybridized carbons (Fsp3) is 0.348. The van der Waals surface area contributed by atoms with Crippen LogP contribution in [0.4, 0.5) is 0 Å². The van der Waals surface area contributed by atoms with Crippen LogP contribution in [0.3, 0.4) is 0 Å². The van der Waals surface area contributed by atoms with E-state index in [1.54, 1.807) is 43.5 Å². The maximum atomic E-state index is 13.0. The highest BCUT2D eigenvalue weighted by Crippen LogP contribution is 2.42. The molecule has 0 aromatic heterocycles. The lowest BCUT2D eigenvalue weighted by Gasteiger charge is -2.30. The number of halogens is 1. The highest BCUT2D eigenvalue weighted by molar-refractivity contribution is 6.30. The van der Waals surface area contributed by atoms with Gasteiger partial charge in [0.2, 0.25) is 11.8 Å². The van der Waals surface area contributed by atoms with E-state index in [9.17, 15) is 14.4 Å². The minimum absolute atomic E-state index is 0.165. The Bertz CT molecular complexity index is 963. The number of hydrogen-bond donors (Lipinski definition) is 1. The Balaban J connectivity index is 1.85. The van der Waals surface area contributed by atoms with Gasteiger partial charge in [-0.2, -0.15) is 0 Å². The number of amides is 2. The molecule has 8 heteroatoms. The largest absolute Gasteiger partial charge is 0.497 e. The SMILES string of the molecule is COC(=O)C1CC(C(=O)NCc2ccc(OC)cc2)N(C(C)=O)C1c1cccc(Cl)c1. The molecule has 164 valence electrons. The van der Waals surface area contributed by atoms with Gasteiger partial charge in [-0.15, -0.1) is 0 Å². The van der Waals surface area contributed by atoms with Crippen LogP contribution >= 0.6 is 11.6 Å². The second kappa shape index (κ2) is 9.83. The normalized spacial score (nSPS) is 20.3. The topological polar surface area (TPSA) is 84.9 Å². The summed E-state index contributed by atoms with van der Waals surface area (Å²) in [6.07, 6.45) is 0.165. The van der Waals surface area contributed by atoms with E-state index in [0.717, 1.165) is 11.3 Å². The molecule has 3 unspecified atom stereocenters. The molecule has 2 aromatic carbocycles. The summed E-state index contributed by atoms with van der Waals surface area (Å²) in [6.45, 7) is 1.68. The predicted molar refractivity (Wildman–Crippen MR) is 115 cm³/mol. The number of nitrogens with one attached hydrogen (secondary N) is 1. The molecule has 1 aliphatic rings. The monoisotopic (exact) mass is 444 g/mol. The molecule has 7 nitrogen and oxygen atoms in total. The van der Waals surface area contributed by atoms with E-state index in [1.807, 2.05) is 12.1 Å². The maximum Gasteiger partial charge on any atom is 0.311 e. The van der Waals surface area contributed by atoms with Gasteiger partial charge in [0, 0.05) is 18.5 Å². The summed E-state index contributed by atoms with van der Waals surface area (Å²) in [6, 6.07) is 12.8. The van der Waals surface area contributed by atoms with Crippen molar-refractivity contribution in [3.05, 3.63) is 64.7 Å². The third-order valence-corrected chi connectivity index (χ3v) is 5.72. The number of likely N-dealkylation sites (tertiary alicyclic amines) is 1. The number of hydrogen-bond acceptors (Lipinski definition) is 5. The first-order valence-corrected chi connectivity index (χ1v) is 10.3. The van der Waals surface area contributed by atoms with Crippen LogP contribution in [0.5, 0.6) is 5.75 Å². The Kier molecular flexibility index (Phi) is 7.17. The lowest BCUT2D eigenvalue weighted by molar-refractivity contribution is -0.147. The van der Waals surface area contributed by atoms with Crippen LogP contribution in [0.25, 0.3) is 0 Å².